The highest BCUT2D eigenvalue weighted by Gasteiger charge is 2.34. The molecule has 4 aromatic rings. The van der Waals surface area contributed by atoms with Gasteiger partial charge in [0, 0.05) is 31.4 Å². The summed E-state index contributed by atoms with van der Waals surface area (Å²) in [6, 6.07) is 10.4. The van der Waals surface area contributed by atoms with Crippen molar-refractivity contribution >= 4 is 26.7 Å². The second-order valence-electron chi connectivity index (χ2n) is 8.14. The molecule has 0 atom stereocenters. The Morgan fingerprint density at radius 1 is 1.06 bits per heavy atom. The topological polar surface area (TPSA) is 64.9 Å². The number of aryl methyl sites for hydroxylation is 1. The molecule has 1 aromatic carbocycles. The average molecular weight is 474 g/mol. The van der Waals surface area contributed by atoms with Crippen LogP contribution in [0.3, 0.4) is 0 Å². The maximum atomic E-state index is 13.0. The quantitative estimate of drug-likeness (QED) is 0.352. The molecular weight excluding hydrogens is 451 g/mol. The summed E-state index contributed by atoms with van der Waals surface area (Å²) in [5.74, 6) is 1.09. The Morgan fingerprint density at radius 3 is 2.61 bits per heavy atom. The maximum Gasteiger partial charge on any atom is 0.435 e. The van der Waals surface area contributed by atoms with Crippen molar-refractivity contribution in [2.45, 2.75) is 44.3 Å². The molecule has 0 bridgehead atoms. The van der Waals surface area contributed by atoms with E-state index in [1.807, 2.05) is 18.2 Å². The van der Waals surface area contributed by atoms with E-state index in [9.17, 15) is 13.2 Å². The van der Waals surface area contributed by atoms with Crippen molar-refractivity contribution in [3.63, 3.8) is 0 Å². The number of anilines is 1. The summed E-state index contributed by atoms with van der Waals surface area (Å²) < 4.78 is 47.1. The second-order valence-corrected chi connectivity index (χ2v) is 9.17. The van der Waals surface area contributed by atoms with Crippen molar-refractivity contribution in [2.75, 3.05) is 5.32 Å². The first-order valence-corrected chi connectivity index (χ1v) is 11.6. The molecule has 33 heavy (non-hydrogen) atoms. The lowest BCUT2D eigenvalue weighted by Crippen LogP contribution is -2.21. The number of pyridine rings is 1. The van der Waals surface area contributed by atoms with Gasteiger partial charge in [0.2, 0.25) is 0 Å². The second kappa shape index (κ2) is 8.66. The third-order valence-corrected chi connectivity index (χ3v) is 6.64. The highest BCUT2D eigenvalue weighted by molar-refractivity contribution is 7.22. The van der Waals surface area contributed by atoms with Gasteiger partial charge in [0.25, 0.3) is 0 Å². The summed E-state index contributed by atoms with van der Waals surface area (Å²) in [4.78, 5) is 8.87. The molecule has 3 heterocycles. The third kappa shape index (κ3) is 4.80. The number of thiazole rings is 1. The zero-order valence-electron chi connectivity index (χ0n) is 17.9. The van der Waals surface area contributed by atoms with Crippen LogP contribution in [0.4, 0.5) is 18.3 Å². The van der Waals surface area contributed by atoms with Crippen molar-refractivity contribution in [1.29, 1.82) is 0 Å². The fourth-order valence-corrected chi connectivity index (χ4v) is 5.02. The highest BCUT2D eigenvalue weighted by Crippen LogP contribution is 2.34. The number of nitrogens with one attached hydrogen (secondary N) is 1. The van der Waals surface area contributed by atoms with Crippen LogP contribution in [-0.2, 0) is 13.2 Å². The van der Waals surface area contributed by atoms with E-state index in [2.05, 4.69) is 20.4 Å². The van der Waals surface area contributed by atoms with Crippen molar-refractivity contribution in [1.82, 2.24) is 19.7 Å². The average Bonchev–Trinajstić information content (AvgIpc) is 3.37. The minimum Gasteiger partial charge on any atom is -0.457 e. The Labute approximate surface area is 192 Å². The van der Waals surface area contributed by atoms with Crippen LogP contribution in [0.1, 0.15) is 37.8 Å². The zero-order chi connectivity index (χ0) is 23.0. The van der Waals surface area contributed by atoms with Crippen LogP contribution in [0, 0.1) is 0 Å². The maximum absolute atomic E-state index is 13.0. The summed E-state index contributed by atoms with van der Waals surface area (Å²) >= 11 is 1.59. The third-order valence-electron chi connectivity index (χ3n) is 5.69. The molecule has 0 amide bonds. The first kappa shape index (κ1) is 21.7. The number of fused-ring (bicyclic) bond motifs is 1. The zero-order valence-corrected chi connectivity index (χ0v) is 18.7. The predicted octanol–water partition coefficient (Wildman–Crippen LogP) is 6.65. The van der Waals surface area contributed by atoms with Crippen LogP contribution in [0.5, 0.6) is 11.5 Å². The molecule has 0 aliphatic heterocycles. The van der Waals surface area contributed by atoms with E-state index >= 15 is 0 Å². The van der Waals surface area contributed by atoms with Gasteiger partial charge in [-0.2, -0.15) is 18.3 Å². The SMILES string of the molecule is Cn1nc(C(F)(F)F)cc1-c1cc(Oc2ccc3nc(NC4CCCCC4)sc3c2)ccn1. The molecule has 0 saturated heterocycles. The van der Waals surface area contributed by atoms with E-state index in [4.69, 9.17) is 4.74 Å². The number of benzene rings is 1. The predicted molar refractivity (Wildman–Crippen MR) is 122 cm³/mol. The van der Waals surface area contributed by atoms with E-state index in [-0.39, 0.29) is 5.69 Å². The fraction of sp³-hybridized carbons (Fsp3) is 0.348. The summed E-state index contributed by atoms with van der Waals surface area (Å²) in [7, 11) is 1.45. The van der Waals surface area contributed by atoms with E-state index < -0.39 is 11.9 Å². The monoisotopic (exact) mass is 473 g/mol. The van der Waals surface area contributed by atoms with Crippen LogP contribution in [0.15, 0.2) is 42.6 Å². The molecule has 0 radical (unpaired) electrons. The number of aromatic nitrogens is 4. The molecule has 1 aliphatic carbocycles. The lowest BCUT2D eigenvalue weighted by atomic mass is 9.96. The Morgan fingerprint density at radius 2 is 1.85 bits per heavy atom. The lowest BCUT2D eigenvalue weighted by molar-refractivity contribution is -0.141. The number of nitrogens with zero attached hydrogens (tertiary/aromatic N) is 4. The lowest BCUT2D eigenvalue weighted by Gasteiger charge is -2.22. The molecular formula is C23H22F3N5OS. The molecule has 1 aliphatic rings. The van der Waals surface area contributed by atoms with Gasteiger partial charge < -0.3 is 10.1 Å². The van der Waals surface area contributed by atoms with E-state index in [0.717, 1.165) is 21.4 Å². The summed E-state index contributed by atoms with van der Waals surface area (Å²) in [6.45, 7) is 0. The van der Waals surface area contributed by atoms with E-state index in [0.29, 0.717) is 23.2 Å². The number of ether oxygens (including phenoxy) is 1. The van der Waals surface area contributed by atoms with Gasteiger partial charge in [-0.25, -0.2) is 4.98 Å². The van der Waals surface area contributed by atoms with Gasteiger partial charge in [0.1, 0.15) is 11.5 Å². The Balaban J connectivity index is 1.35. The van der Waals surface area contributed by atoms with Crippen molar-refractivity contribution < 1.29 is 17.9 Å². The van der Waals surface area contributed by atoms with Crippen LogP contribution in [0.25, 0.3) is 21.6 Å². The van der Waals surface area contributed by atoms with E-state index in [1.165, 1.54) is 50.0 Å². The van der Waals surface area contributed by atoms with Crippen LogP contribution >= 0.6 is 11.3 Å². The molecule has 1 saturated carbocycles. The van der Waals surface area contributed by atoms with E-state index in [1.54, 1.807) is 23.5 Å². The number of rotatable bonds is 5. The molecule has 6 nitrogen and oxygen atoms in total. The molecule has 10 heteroatoms. The minimum atomic E-state index is -4.51. The smallest absolute Gasteiger partial charge is 0.435 e. The Hall–Kier alpha value is -3.14. The molecule has 172 valence electrons. The van der Waals surface area contributed by atoms with Gasteiger partial charge in [-0.05, 0) is 37.1 Å². The normalized spacial score (nSPS) is 15.2. The van der Waals surface area contributed by atoms with Crippen molar-refractivity contribution in [2.24, 2.45) is 7.05 Å². The molecule has 0 unspecified atom stereocenters. The minimum absolute atomic E-state index is 0.254. The summed E-state index contributed by atoms with van der Waals surface area (Å²) in [6.07, 6.45) is 3.15. The van der Waals surface area contributed by atoms with Crippen molar-refractivity contribution in [3.8, 4) is 22.9 Å². The Kier molecular flexibility index (Phi) is 5.69. The molecule has 5 rings (SSSR count). The van der Waals surface area contributed by atoms with Gasteiger partial charge in [0.05, 0.1) is 21.6 Å². The fourth-order valence-electron chi connectivity index (χ4n) is 4.05. The largest absolute Gasteiger partial charge is 0.457 e. The first-order chi connectivity index (χ1) is 15.8. The molecule has 3 aromatic heterocycles. The summed E-state index contributed by atoms with van der Waals surface area (Å²) in [5.41, 5.74) is 0.539. The summed E-state index contributed by atoms with van der Waals surface area (Å²) in [5, 5.41) is 8.02. The molecule has 1 fully saturated rings. The number of hydrogen-bond donors (Lipinski definition) is 1. The number of alkyl halides is 3. The first-order valence-electron chi connectivity index (χ1n) is 10.8. The Bertz CT molecular complexity index is 1280. The number of hydrogen-bond acceptors (Lipinski definition) is 6. The number of halogens is 3. The standard InChI is InChI=1S/C23H22F3N5OS/c1-31-19(13-21(30-31)23(24,25)26)18-11-16(9-10-27-18)32-15-7-8-17-20(12-15)33-22(29-17)28-14-5-3-2-4-6-14/h7-14H,2-6H2,1H3,(H,28,29). The van der Waals surface area contributed by atoms with Gasteiger partial charge >= 0.3 is 6.18 Å². The van der Waals surface area contributed by atoms with Crippen LogP contribution < -0.4 is 10.1 Å². The van der Waals surface area contributed by atoms with Gasteiger partial charge in [-0.1, -0.05) is 30.6 Å². The molecule has 1 N–H and O–H groups in total. The molecule has 0 spiro atoms. The van der Waals surface area contributed by atoms with Crippen molar-refractivity contribution in [3.05, 3.63) is 48.3 Å². The highest BCUT2D eigenvalue weighted by atomic mass is 32.1. The van der Waals surface area contributed by atoms with Gasteiger partial charge in [-0.15, -0.1) is 0 Å². The van der Waals surface area contributed by atoms with Crippen LogP contribution in [-0.4, -0.2) is 25.8 Å². The van der Waals surface area contributed by atoms with Gasteiger partial charge in [0.15, 0.2) is 10.8 Å². The van der Waals surface area contributed by atoms with Crippen LogP contribution in [0.2, 0.25) is 0 Å². The van der Waals surface area contributed by atoms with Gasteiger partial charge in [-0.3, -0.25) is 9.67 Å².